The van der Waals surface area contributed by atoms with Crippen molar-refractivity contribution in [2.45, 2.75) is 65.2 Å². The highest BCUT2D eigenvalue weighted by Gasteiger charge is 2.38. The number of carbonyl (C=O) groups excluding carboxylic acids is 1. The van der Waals surface area contributed by atoms with E-state index in [1.807, 2.05) is 26.0 Å². The number of benzene rings is 1. The van der Waals surface area contributed by atoms with Gasteiger partial charge in [-0.05, 0) is 46.9 Å². The molecule has 0 atom stereocenters. The first-order valence-electron chi connectivity index (χ1n) is 8.50. The summed E-state index contributed by atoms with van der Waals surface area (Å²) in [6.45, 7) is 12.6. The fourth-order valence-corrected chi connectivity index (χ4v) is 4.54. The van der Waals surface area contributed by atoms with E-state index >= 15 is 0 Å². The Kier molecular flexibility index (Phi) is 4.84. The Hall–Kier alpha value is -1.08. The van der Waals surface area contributed by atoms with E-state index in [1.165, 1.54) is 11.1 Å². The van der Waals surface area contributed by atoms with E-state index in [0.29, 0.717) is 23.6 Å². The van der Waals surface area contributed by atoms with E-state index in [0.717, 1.165) is 19.1 Å². The van der Waals surface area contributed by atoms with Gasteiger partial charge in [-0.15, -0.1) is 0 Å². The zero-order chi connectivity index (χ0) is 17.5. The summed E-state index contributed by atoms with van der Waals surface area (Å²) in [7, 11) is -2.71. The van der Waals surface area contributed by atoms with Crippen LogP contribution in [0.25, 0.3) is 0 Å². The largest absolute Gasteiger partial charge is 0.442 e. The first kappa shape index (κ1) is 18.3. The van der Waals surface area contributed by atoms with Crippen molar-refractivity contribution in [2.24, 2.45) is 0 Å². The van der Waals surface area contributed by atoms with Gasteiger partial charge in [0.05, 0.1) is 5.56 Å². The first-order valence-corrected chi connectivity index (χ1v) is 10.5. The minimum absolute atomic E-state index is 0.0345. The topological polar surface area (TPSA) is 43.4 Å². The van der Waals surface area contributed by atoms with Crippen LogP contribution in [0.2, 0.25) is 0 Å². The van der Waals surface area contributed by atoms with Gasteiger partial charge in [0.25, 0.3) is 0 Å². The van der Waals surface area contributed by atoms with E-state index in [4.69, 9.17) is 4.52 Å². The summed E-state index contributed by atoms with van der Waals surface area (Å²) in [5.41, 5.74) is 3.02. The van der Waals surface area contributed by atoms with E-state index in [9.17, 15) is 9.36 Å². The molecule has 0 saturated carbocycles. The van der Waals surface area contributed by atoms with Crippen LogP contribution in [0.5, 0.6) is 5.75 Å². The highest BCUT2D eigenvalue weighted by Crippen LogP contribution is 2.51. The molecule has 0 saturated heterocycles. The molecule has 0 N–H and O–H groups in total. The lowest BCUT2D eigenvalue weighted by molar-refractivity contribution is 0.112. The van der Waals surface area contributed by atoms with Gasteiger partial charge in [0.2, 0.25) is 7.37 Å². The molecule has 0 heterocycles. The zero-order valence-electron chi connectivity index (χ0n) is 15.2. The standard InChI is InChI=1S/C19H29O3P/c1-7-23(21,8-2)22-17-12-16-15(11-14(17)13-20)18(3,4)9-10-19(16,5)6/h11-13H,7-10H2,1-6H3. The fourth-order valence-electron chi connectivity index (χ4n) is 3.31. The highest BCUT2D eigenvalue weighted by atomic mass is 31.2. The second-order valence-electron chi connectivity index (χ2n) is 7.86. The molecule has 0 fully saturated rings. The molecule has 0 radical (unpaired) electrons. The van der Waals surface area contributed by atoms with Gasteiger partial charge in [-0.3, -0.25) is 9.36 Å². The van der Waals surface area contributed by atoms with Crippen molar-refractivity contribution in [3.63, 3.8) is 0 Å². The fraction of sp³-hybridized carbons (Fsp3) is 0.632. The minimum Gasteiger partial charge on any atom is -0.442 e. The van der Waals surface area contributed by atoms with E-state index < -0.39 is 7.37 Å². The summed E-state index contributed by atoms with van der Waals surface area (Å²) in [5, 5.41) is 0. The maximum Gasteiger partial charge on any atom is 0.247 e. The van der Waals surface area contributed by atoms with Crippen LogP contribution < -0.4 is 4.52 Å². The second kappa shape index (κ2) is 6.09. The first-order chi connectivity index (χ1) is 10.6. The summed E-state index contributed by atoms with van der Waals surface area (Å²) in [4.78, 5) is 11.6. The Bertz CT molecular complexity index is 651. The van der Waals surface area contributed by atoms with Crippen LogP contribution in [0.3, 0.4) is 0 Å². The van der Waals surface area contributed by atoms with Gasteiger partial charge in [-0.2, -0.15) is 0 Å². The van der Waals surface area contributed by atoms with Crippen molar-refractivity contribution >= 4 is 13.7 Å². The van der Waals surface area contributed by atoms with Crippen LogP contribution in [0.4, 0.5) is 0 Å². The maximum absolute atomic E-state index is 12.7. The molecule has 1 aliphatic rings. The molecule has 1 aliphatic carbocycles. The van der Waals surface area contributed by atoms with Crippen LogP contribution in [-0.2, 0) is 15.4 Å². The average Bonchev–Trinajstić information content (AvgIpc) is 2.51. The molecule has 0 aliphatic heterocycles. The molecule has 0 amide bonds. The number of hydrogen-bond acceptors (Lipinski definition) is 3. The van der Waals surface area contributed by atoms with Crippen LogP contribution in [-0.4, -0.2) is 18.6 Å². The number of rotatable bonds is 5. The summed E-state index contributed by atoms with van der Waals surface area (Å²) in [6.07, 6.45) is 3.96. The number of carbonyl (C=O) groups is 1. The van der Waals surface area contributed by atoms with Gasteiger partial charge in [0.15, 0.2) is 6.29 Å². The van der Waals surface area contributed by atoms with Crippen molar-refractivity contribution in [3.8, 4) is 5.75 Å². The van der Waals surface area contributed by atoms with Gasteiger partial charge in [0, 0.05) is 12.3 Å². The van der Waals surface area contributed by atoms with Crippen LogP contribution >= 0.6 is 7.37 Å². The lowest BCUT2D eigenvalue weighted by atomic mass is 9.63. The predicted molar refractivity (Wildman–Crippen MR) is 96.4 cm³/mol. The van der Waals surface area contributed by atoms with Gasteiger partial charge in [-0.1, -0.05) is 41.5 Å². The maximum atomic E-state index is 12.7. The monoisotopic (exact) mass is 336 g/mol. The van der Waals surface area contributed by atoms with Crippen molar-refractivity contribution < 1.29 is 13.9 Å². The third-order valence-electron chi connectivity index (χ3n) is 5.34. The summed E-state index contributed by atoms with van der Waals surface area (Å²) in [5.74, 6) is 0.483. The molecule has 3 nitrogen and oxygen atoms in total. The van der Waals surface area contributed by atoms with Crippen LogP contribution in [0, 0.1) is 0 Å². The molecule has 0 bridgehead atoms. The SMILES string of the molecule is CCP(=O)(CC)Oc1cc2c(cc1C=O)C(C)(C)CCC2(C)C. The van der Waals surface area contributed by atoms with Crippen molar-refractivity contribution in [1.82, 2.24) is 0 Å². The molecule has 1 aromatic rings. The van der Waals surface area contributed by atoms with Gasteiger partial charge in [0.1, 0.15) is 5.75 Å². The van der Waals surface area contributed by atoms with Crippen LogP contribution in [0.15, 0.2) is 12.1 Å². The highest BCUT2D eigenvalue weighted by molar-refractivity contribution is 7.59. The molecule has 0 unspecified atom stereocenters. The van der Waals surface area contributed by atoms with Gasteiger partial charge in [-0.25, -0.2) is 0 Å². The Morgan fingerprint density at radius 1 is 1.04 bits per heavy atom. The lowest BCUT2D eigenvalue weighted by Gasteiger charge is -2.42. The third-order valence-corrected chi connectivity index (χ3v) is 7.80. The number of fused-ring (bicyclic) bond motifs is 1. The van der Waals surface area contributed by atoms with E-state index in [1.54, 1.807) is 0 Å². The van der Waals surface area contributed by atoms with Crippen molar-refractivity contribution in [2.75, 3.05) is 12.3 Å². The summed E-state index contributed by atoms with van der Waals surface area (Å²) < 4.78 is 18.6. The normalized spacial score (nSPS) is 19.0. The van der Waals surface area contributed by atoms with Crippen LogP contribution in [0.1, 0.15) is 75.9 Å². The zero-order valence-corrected chi connectivity index (χ0v) is 16.1. The smallest absolute Gasteiger partial charge is 0.247 e. The Labute approximate surface area is 140 Å². The van der Waals surface area contributed by atoms with E-state index in [2.05, 4.69) is 27.7 Å². The Balaban J connectivity index is 2.63. The van der Waals surface area contributed by atoms with Gasteiger partial charge < -0.3 is 4.52 Å². The molecule has 23 heavy (non-hydrogen) atoms. The third kappa shape index (κ3) is 3.40. The summed E-state index contributed by atoms with van der Waals surface area (Å²) >= 11 is 0. The minimum atomic E-state index is -2.71. The molecular formula is C19H29O3P. The average molecular weight is 336 g/mol. The quantitative estimate of drug-likeness (QED) is 0.523. The Morgan fingerprint density at radius 2 is 1.52 bits per heavy atom. The molecular weight excluding hydrogens is 307 g/mol. The summed E-state index contributed by atoms with van der Waals surface area (Å²) in [6, 6.07) is 3.92. The molecule has 128 valence electrons. The molecule has 2 rings (SSSR count). The second-order valence-corrected chi connectivity index (χ2v) is 10.9. The molecule has 1 aromatic carbocycles. The number of hydrogen-bond donors (Lipinski definition) is 0. The Morgan fingerprint density at radius 3 is 1.96 bits per heavy atom. The molecule has 0 aromatic heterocycles. The number of aldehydes is 1. The van der Waals surface area contributed by atoms with Crippen molar-refractivity contribution in [3.05, 3.63) is 28.8 Å². The molecule has 4 heteroatoms. The van der Waals surface area contributed by atoms with Crippen molar-refractivity contribution in [1.29, 1.82) is 0 Å². The predicted octanol–water partition coefficient (Wildman–Crippen LogP) is 5.54. The molecule has 0 spiro atoms. The van der Waals surface area contributed by atoms with E-state index in [-0.39, 0.29) is 10.8 Å². The lowest BCUT2D eigenvalue weighted by Crippen LogP contribution is -2.34. The van der Waals surface area contributed by atoms with Gasteiger partial charge >= 0.3 is 0 Å².